The van der Waals surface area contributed by atoms with Crippen LogP contribution in [0.5, 0.6) is 0 Å². The van der Waals surface area contributed by atoms with E-state index >= 15 is 0 Å². The monoisotopic (exact) mass is 702 g/mol. The zero-order valence-electron chi connectivity index (χ0n) is 29.9. The summed E-state index contributed by atoms with van der Waals surface area (Å²) in [6, 6.07) is 73.8. The number of para-hydroxylation sites is 3. The highest BCUT2D eigenvalue weighted by atomic mass is 16.3. The summed E-state index contributed by atoms with van der Waals surface area (Å²) < 4.78 is 9.30. The Labute approximate surface area is 318 Å². The molecule has 9 aromatic carbocycles. The molecule has 258 valence electrons. The molecule has 2 aromatic heterocycles. The summed E-state index contributed by atoms with van der Waals surface area (Å²) in [7, 11) is 0. The Morgan fingerprint density at radius 1 is 0.382 bits per heavy atom. The molecule has 3 heteroatoms. The van der Waals surface area contributed by atoms with E-state index in [0.717, 1.165) is 61.3 Å². The Hall–Kier alpha value is -7.36. The minimum absolute atomic E-state index is 0.879. The average molecular weight is 703 g/mol. The predicted octanol–water partition coefficient (Wildman–Crippen LogP) is 14.6. The zero-order valence-corrected chi connectivity index (χ0v) is 29.9. The molecule has 0 N–H and O–H groups in total. The molecule has 3 nitrogen and oxygen atoms in total. The number of benzene rings is 9. The highest BCUT2D eigenvalue weighted by molar-refractivity contribution is 6.22. The number of hydrogen-bond acceptors (Lipinski definition) is 2. The van der Waals surface area contributed by atoms with Crippen LogP contribution in [0.1, 0.15) is 0 Å². The van der Waals surface area contributed by atoms with Crippen molar-refractivity contribution in [1.29, 1.82) is 0 Å². The van der Waals surface area contributed by atoms with E-state index in [1.54, 1.807) is 0 Å². The van der Waals surface area contributed by atoms with Crippen LogP contribution in [0.3, 0.4) is 0 Å². The standard InChI is InChI=1S/C52H34N2O/c1-4-14-35(15-5-1)36-24-28-41(29-25-36)53(39-17-6-2-7-18-39)42-33-46(52-47(34-42)51-43-21-11-10-16-37(43)27-31-50(51)55-52)38-26-30-45-44-22-12-13-23-48(44)54(49(45)32-38)40-19-8-3-9-20-40/h1-34H. The Morgan fingerprint density at radius 3 is 1.80 bits per heavy atom. The van der Waals surface area contributed by atoms with E-state index in [1.807, 2.05) is 0 Å². The van der Waals surface area contributed by atoms with Crippen LogP contribution in [0.15, 0.2) is 211 Å². The minimum atomic E-state index is 0.879. The van der Waals surface area contributed by atoms with Gasteiger partial charge in [-0.1, -0.05) is 140 Å². The average Bonchev–Trinajstić information content (AvgIpc) is 3.81. The van der Waals surface area contributed by atoms with Gasteiger partial charge in [-0.15, -0.1) is 0 Å². The van der Waals surface area contributed by atoms with Crippen LogP contribution in [-0.2, 0) is 0 Å². The van der Waals surface area contributed by atoms with Gasteiger partial charge in [-0.3, -0.25) is 0 Å². The molecule has 0 amide bonds. The third kappa shape index (κ3) is 5.13. The van der Waals surface area contributed by atoms with Crippen LogP contribution in [0, 0.1) is 0 Å². The van der Waals surface area contributed by atoms with Gasteiger partial charge in [0.15, 0.2) is 0 Å². The van der Waals surface area contributed by atoms with Crippen LogP contribution >= 0.6 is 0 Å². The SMILES string of the molecule is c1ccc(-c2ccc(N(c3ccccc3)c3cc(-c4ccc5c6ccccc6n(-c6ccccc6)c5c4)c4oc5ccc6ccccc6c5c4c3)cc2)cc1. The molecule has 55 heavy (non-hydrogen) atoms. The van der Waals surface area contributed by atoms with Crippen LogP contribution < -0.4 is 4.90 Å². The number of hydrogen-bond donors (Lipinski definition) is 0. The van der Waals surface area contributed by atoms with Gasteiger partial charge in [0.25, 0.3) is 0 Å². The van der Waals surface area contributed by atoms with E-state index in [-0.39, 0.29) is 0 Å². The summed E-state index contributed by atoms with van der Waals surface area (Å²) in [6.45, 7) is 0. The van der Waals surface area contributed by atoms with E-state index in [9.17, 15) is 0 Å². The van der Waals surface area contributed by atoms with Gasteiger partial charge in [-0.05, 0) is 94.2 Å². The first-order chi connectivity index (χ1) is 27.3. The molecule has 11 rings (SSSR count). The molecule has 0 saturated carbocycles. The fourth-order valence-electron chi connectivity index (χ4n) is 8.43. The molecule has 2 heterocycles. The summed E-state index contributed by atoms with van der Waals surface area (Å²) >= 11 is 0. The van der Waals surface area contributed by atoms with Gasteiger partial charge in [0.05, 0.1) is 11.0 Å². The lowest BCUT2D eigenvalue weighted by molar-refractivity contribution is 0.670. The van der Waals surface area contributed by atoms with Crippen LogP contribution in [0.4, 0.5) is 17.1 Å². The van der Waals surface area contributed by atoms with Crippen molar-refractivity contribution in [1.82, 2.24) is 4.57 Å². The zero-order chi connectivity index (χ0) is 36.3. The summed E-state index contributed by atoms with van der Waals surface area (Å²) in [5.41, 5.74) is 13.0. The maximum Gasteiger partial charge on any atom is 0.143 e. The second-order valence-electron chi connectivity index (χ2n) is 14.1. The lowest BCUT2D eigenvalue weighted by Gasteiger charge is -2.26. The second-order valence-corrected chi connectivity index (χ2v) is 14.1. The maximum absolute atomic E-state index is 6.92. The summed E-state index contributed by atoms with van der Waals surface area (Å²) in [5.74, 6) is 0. The van der Waals surface area contributed by atoms with Crippen molar-refractivity contribution in [2.75, 3.05) is 4.90 Å². The molecule has 0 spiro atoms. The normalized spacial score (nSPS) is 11.6. The van der Waals surface area contributed by atoms with Gasteiger partial charge in [-0.2, -0.15) is 0 Å². The first kappa shape index (κ1) is 31.2. The molecule has 0 aliphatic heterocycles. The van der Waals surface area contributed by atoms with Crippen molar-refractivity contribution in [3.63, 3.8) is 0 Å². The van der Waals surface area contributed by atoms with Crippen molar-refractivity contribution in [2.45, 2.75) is 0 Å². The van der Waals surface area contributed by atoms with Gasteiger partial charge >= 0.3 is 0 Å². The number of rotatable bonds is 6. The van der Waals surface area contributed by atoms with Crippen molar-refractivity contribution in [3.8, 4) is 27.9 Å². The summed E-state index contributed by atoms with van der Waals surface area (Å²) in [4.78, 5) is 2.36. The highest BCUT2D eigenvalue weighted by Gasteiger charge is 2.22. The first-order valence-corrected chi connectivity index (χ1v) is 18.8. The molecule has 0 radical (unpaired) electrons. The van der Waals surface area contributed by atoms with E-state index in [2.05, 4.69) is 216 Å². The lowest BCUT2D eigenvalue weighted by atomic mass is 9.97. The molecule has 0 aliphatic rings. The molecular weight excluding hydrogens is 669 g/mol. The van der Waals surface area contributed by atoms with Gasteiger partial charge in [-0.25, -0.2) is 0 Å². The maximum atomic E-state index is 6.92. The smallest absolute Gasteiger partial charge is 0.143 e. The third-order valence-electron chi connectivity index (χ3n) is 11.0. The summed E-state index contributed by atoms with van der Waals surface area (Å²) in [6.07, 6.45) is 0. The molecule has 11 aromatic rings. The van der Waals surface area contributed by atoms with Crippen LogP contribution in [-0.4, -0.2) is 4.57 Å². The topological polar surface area (TPSA) is 21.3 Å². The van der Waals surface area contributed by atoms with Gasteiger partial charge in [0, 0.05) is 49.9 Å². The Morgan fingerprint density at radius 2 is 1.00 bits per heavy atom. The predicted molar refractivity (Wildman–Crippen MR) is 231 cm³/mol. The highest BCUT2D eigenvalue weighted by Crippen LogP contribution is 2.46. The molecule has 0 fully saturated rings. The van der Waals surface area contributed by atoms with E-state index < -0.39 is 0 Å². The number of furan rings is 1. The third-order valence-corrected chi connectivity index (χ3v) is 11.0. The molecule has 0 unspecified atom stereocenters. The van der Waals surface area contributed by atoms with E-state index in [4.69, 9.17) is 4.42 Å². The van der Waals surface area contributed by atoms with Crippen molar-refractivity contribution in [3.05, 3.63) is 206 Å². The van der Waals surface area contributed by atoms with Crippen molar-refractivity contribution >= 4 is 71.6 Å². The summed E-state index contributed by atoms with van der Waals surface area (Å²) in [5, 5.41) is 7.04. The van der Waals surface area contributed by atoms with E-state index in [1.165, 1.54) is 38.2 Å². The minimum Gasteiger partial charge on any atom is -0.455 e. The number of fused-ring (bicyclic) bond motifs is 8. The fourth-order valence-corrected chi connectivity index (χ4v) is 8.43. The van der Waals surface area contributed by atoms with Crippen LogP contribution in [0.2, 0.25) is 0 Å². The van der Waals surface area contributed by atoms with Gasteiger partial charge < -0.3 is 13.9 Å². The molecule has 0 bridgehead atoms. The Bertz CT molecular complexity index is 3180. The molecule has 0 aliphatic carbocycles. The number of aromatic nitrogens is 1. The van der Waals surface area contributed by atoms with E-state index in [0.29, 0.717) is 0 Å². The first-order valence-electron chi connectivity index (χ1n) is 18.8. The van der Waals surface area contributed by atoms with Crippen molar-refractivity contribution in [2.24, 2.45) is 0 Å². The second kappa shape index (κ2) is 12.6. The lowest BCUT2D eigenvalue weighted by Crippen LogP contribution is -2.10. The Kier molecular flexibility index (Phi) is 7.17. The largest absolute Gasteiger partial charge is 0.455 e. The molecule has 0 saturated heterocycles. The van der Waals surface area contributed by atoms with Gasteiger partial charge in [0.1, 0.15) is 11.2 Å². The van der Waals surface area contributed by atoms with Crippen LogP contribution in [0.25, 0.3) is 82.5 Å². The van der Waals surface area contributed by atoms with Gasteiger partial charge in [0.2, 0.25) is 0 Å². The Balaban J connectivity index is 1.20. The molecule has 0 atom stereocenters. The quantitative estimate of drug-likeness (QED) is 0.172. The fraction of sp³-hybridized carbons (Fsp3) is 0. The van der Waals surface area contributed by atoms with Crippen molar-refractivity contribution < 1.29 is 4.42 Å². The molecular formula is C52H34N2O. The number of nitrogens with zero attached hydrogens (tertiary/aromatic N) is 2. The number of anilines is 3.